The molecule has 0 aromatic heterocycles. The van der Waals surface area contributed by atoms with Gasteiger partial charge in [0, 0.05) is 24.8 Å². The van der Waals surface area contributed by atoms with Crippen LogP contribution in [0.3, 0.4) is 0 Å². The van der Waals surface area contributed by atoms with Crippen LogP contribution in [0.25, 0.3) is 0 Å². The van der Waals surface area contributed by atoms with E-state index in [4.69, 9.17) is 4.74 Å². The van der Waals surface area contributed by atoms with Gasteiger partial charge in [0.1, 0.15) is 5.69 Å². The number of carboxylic acid groups (broad SMARTS) is 1. The molecular formula is C22H27N3O5. The lowest BCUT2D eigenvalue weighted by molar-refractivity contribution is -0.384. The summed E-state index contributed by atoms with van der Waals surface area (Å²) in [5.41, 5.74) is 2.08. The normalized spacial score (nSPS) is 15.1. The number of hydrogen-bond donors (Lipinski definition) is 2. The number of benzene rings is 2. The Morgan fingerprint density at radius 3 is 2.67 bits per heavy atom. The number of nitrogens with zero attached hydrogens (tertiary/aromatic N) is 2. The van der Waals surface area contributed by atoms with Gasteiger partial charge in [0.15, 0.2) is 0 Å². The zero-order valence-corrected chi connectivity index (χ0v) is 17.3. The number of rotatable bonds is 8. The Balaban J connectivity index is 1.93. The van der Waals surface area contributed by atoms with Crippen LogP contribution in [-0.2, 0) is 11.2 Å². The van der Waals surface area contributed by atoms with Crippen LogP contribution < -0.4 is 5.32 Å². The van der Waals surface area contributed by atoms with Gasteiger partial charge in [-0.1, -0.05) is 12.1 Å². The van der Waals surface area contributed by atoms with Crippen molar-refractivity contribution >= 4 is 23.0 Å². The zero-order valence-electron chi connectivity index (χ0n) is 17.3. The van der Waals surface area contributed by atoms with E-state index in [0.717, 1.165) is 31.6 Å². The average Bonchev–Trinajstić information content (AvgIpc) is 2.72. The Hall–Kier alpha value is -2.97. The number of piperidine rings is 1. The molecule has 0 unspecified atom stereocenters. The van der Waals surface area contributed by atoms with Crippen molar-refractivity contribution < 1.29 is 19.6 Å². The lowest BCUT2D eigenvalue weighted by Crippen LogP contribution is -2.29. The van der Waals surface area contributed by atoms with Crippen molar-refractivity contribution in [2.45, 2.75) is 25.2 Å². The molecule has 1 heterocycles. The first-order valence-electron chi connectivity index (χ1n) is 9.98. The maximum atomic E-state index is 11.8. The molecule has 1 fully saturated rings. The third-order valence-electron chi connectivity index (χ3n) is 5.61. The SMILES string of the molecule is COCCc1c(C(=O)O)ccc(Nc2cccc(C3CCN(C)CC3)c2)c1[N+](=O)[O-]. The summed E-state index contributed by atoms with van der Waals surface area (Å²) in [5.74, 6) is -0.732. The predicted molar refractivity (Wildman–Crippen MR) is 115 cm³/mol. The molecule has 8 heteroatoms. The number of nitrogens with one attached hydrogen (secondary N) is 1. The standard InChI is InChI=1S/C22H27N3O5/c1-24-11-8-15(9-12-24)16-4-3-5-17(14-16)23-20-7-6-19(22(26)27)18(10-13-30-2)21(20)25(28)29/h3-7,14-15,23H,8-13H2,1-2H3,(H,26,27). The van der Waals surface area contributed by atoms with Crippen molar-refractivity contribution in [1.29, 1.82) is 0 Å². The number of carbonyl (C=O) groups is 1. The summed E-state index contributed by atoms with van der Waals surface area (Å²) in [6.07, 6.45) is 2.29. The first-order valence-corrected chi connectivity index (χ1v) is 9.98. The summed E-state index contributed by atoms with van der Waals surface area (Å²) in [6, 6.07) is 10.8. The maximum Gasteiger partial charge on any atom is 0.336 e. The summed E-state index contributed by atoms with van der Waals surface area (Å²) in [6.45, 7) is 2.29. The number of ether oxygens (including phenoxy) is 1. The second-order valence-electron chi connectivity index (χ2n) is 7.62. The Morgan fingerprint density at radius 2 is 2.03 bits per heavy atom. The third-order valence-corrected chi connectivity index (χ3v) is 5.61. The summed E-state index contributed by atoms with van der Waals surface area (Å²) < 4.78 is 5.02. The van der Waals surface area contributed by atoms with E-state index in [0.29, 0.717) is 5.92 Å². The molecule has 0 amide bonds. The van der Waals surface area contributed by atoms with Gasteiger partial charge in [0.25, 0.3) is 5.69 Å². The highest BCUT2D eigenvalue weighted by molar-refractivity contribution is 5.93. The van der Waals surface area contributed by atoms with E-state index in [1.165, 1.54) is 24.8 Å². The smallest absolute Gasteiger partial charge is 0.336 e. The van der Waals surface area contributed by atoms with Crippen LogP contribution in [0, 0.1) is 10.1 Å². The number of carboxylic acids is 1. The molecule has 2 aromatic rings. The highest BCUT2D eigenvalue weighted by atomic mass is 16.6. The Kier molecular flexibility index (Phi) is 7.02. The quantitative estimate of drug-likeness (QED) is 0.497. The first kappa shape index (κ1) is 21.7. The topological polar surface area (TPSA) is 105 Å². The fraction of sp³-hybridized carbons (Fsp3) is 0.409. The van der Waals surface area contributed by atoms with Gasteiger partial charge in [-0.25, -0.2) is 4.79 Å². The maximum absolute atomic E-state index is 11.8. The number of nitro groups is 1. The Morgan fingerprint density at radius 1 is 1.30 bits per heavy atom. The van der Waals surface area contributed by atoms with Crippen LogP contribution in [0.1, 0.15) is 40.2 Å². The molecule has 0 radical (unpaired) electrons. The van der Waals surface area contributed by atoms with Crippen molar-refractivity contribution in [3.8, 4) is 0 Å². The zero-order chi connectivity index (χ0) is 21.7. The van der Waals surface area contributed by atoms with Gasteiger partial charge in [0.05, 0.1) is 17.1 Å². The van der Waals surface area contributed by atoms with Gasteiger partial charge in [-0.2, -0.15) is 0 Å². The fourth-order valence-corrected chi connectivity index (χ4v) is 3.97. The number of aromatic carboxylic acids is 1. The molecule has 0 bridgehead atoms. The second-order valence-corrected chi connectivity index (χ2v) is 7.62. The van der Waals surface area contributed by atoms with Crippen molar-refractivity contribution in [3.63, 3.8) is 0 Å². The predicted octanol–water partition coefficient (Wildman–Crippen LogP) is 4.03. The molecule has 8 nitrogen and oxygen atoms in total. The van der Waals surface area contributed by atoms with Gasteiger partial charge in [0.2, 0.25) is 0 Å². The highest BCUT2D eigenvalue weighted by Crippen LogP contribution is 2.35. The van der Waals surface area contributed by atoms with E-state index >= 15 is 0 Å². The van der Waals surface area contributed by atoms with Crippen molar-refractivity contribution in [1.82, 2.24) is 4.90 Å². The Labute approximate surface area is 175 Å². The molecule has 30 heavy (non-hydrogen) atoms. The molecule has 1 aliphatic rings. The molecule has 0 atom stereocenters. The van der Waals surface area contributed by atoms with Gasteiger partial charge < -0.3 is 20.1 Å². The van der Waals surface area contributed by atoms with E-state index in [1.807, 2.05) is 18.2 Å². The summed E-state index contributed by atoms with van der Waals surface area (Å²) in [7, 11) is 3.60. The van der Waals surface area contributed by atoms with E-state index in [9.17, 15) is 20.0 Å². The van der Waals surface area contributed by atoms with Crippen molar-refractivity contribution in [2.75, 3.05) is 39.2 Å². The monoisotopic (exact) mass is 413 g/mol. The molecule has 0 aliphatic carbocycles. The van der Waals surface area contributed by atoms with Crippen LogP contribution >= 0.6 is 0 Å². The Bertz CT molecular complexity index is 923. The van der Waals surface area contributed by atoms with Crippen molar-refractivity contribution in [3.05, 3.63) is 63.2 Å². The minimum atomic E-state index is -1.19. The minimum absolute atomic E-state index is 0.0793. The highest BCUT2D eigenvalue weighted by Gasteiger charge is 2.26. The number of methoxy groups -OCH3 is 1. The third kappa shape index (κ3) is 4.95. The van der Waals surface area contributed by atoms with Crippen LogP contribution in [0.4, 0.5) is 17.1 Å². The van der Waals surface area contributed by atoms with Gasteiger partial charge >= 0.3 is 5.97 Å². The van der Waals surface area contributed by atoms with E-state index in [2.05, 4.69) is 23.3 Å². The molecule has 0 saturated carbocycles. The van der Waals surface area contributed by atoms with E-state index in [-0.39, 0.29) is 35.5 Å². The van der Waals surface area contributed by atoms with E-state index < -0.39 is 10.9 Å². The molecule has 2 aromatic carbocycles. The summed E-state index contributed by atoms with van der Waals surface area (Å²) in [4.78, 5) is 25.2. The molecular weight excluding hydrogens is 386 g/mol. The number of hydrogen-bond acceptors (Lipinski definition) is 6. The van der Waals surface area contributed by atoms with Gasteiger partial charge in [-0.15, -0.1) is 0 Å². The fourth-order valence-electron chi connectivity index (χ4n) is 3.97. The molecule has 3 rings (SSSR count). The number of anilines is 2. The lowest BCUT2D eigenvalue weighted by Gasteiger charge is -2.29. The summed E-state index contributed by atoms with van der Waals surface area (Å²) in [5, 5.41) is 24.4. The van der Waals surface area contributed by atoms with Crippen LogP contribution in [-0.4, -0.2) is 54.8 Å². The van der Waals surface area contributed by atoms with Crippen molar-refractivity contribution in [2.24, 2.45) is 0 Å². The second kappa shape index (κ2) is 9.69. The first-order chi connectivity index (χ1) is 14.4. The minimum Gasteiger partial charge on any atom is -0.478 e. The van der Waals surface area contributed by atoms with Crippen LogP contribution in [0.15, 0.2) is 36.4 Å². The molecule has 1 saturated heterocycles. The van der Waals surface area contributed by atoms with Crippen LogP contribution in [0.5, 0.6) is 0 Å². The number of nitro benzene ring substituents is 1. The number of likely N-dealkylation sites (tertiary alicyclic amines) is 1. The van der Waals surface area contributed by atoms with Gasteiger partial charge in [-0.05, 0) is 68.7 Å². The van der Waals surface area contributed by atoms with E-state index in [1.54, 1.807) is 0 Å². The molecule has 160 valence electrons. The lowest BCUT2D eigenvalue weighted by atomic mass is 9.89. The molecule has 0 spiro atoms. The molecule has 2 N–H and O–H groups in total. The summed E-state index contributed by atoms with van der Waals surface area (Å²) >= 11 is 0. The molecule has 1 aliphatic heterocycles. The average molecular weight is 413 g/mol. The van der Waals surface area contributed by atoms with Crippen LogP contribution in [0.2, 0.25) is 0 Å². The van der Waals surface area contributed by atoms with Gasteiger partial charge in [-0.3, -0.25) is 10.1 Å². The largest absolute Gasteiger partial charge is 0.478 e.